The molecule has 1 saturated heterocycles. The van der Waals surface area contributed by atoms with Crippen molar-refractivity contribution in [3.63, 3.8) is 0 Å². The van der Waals surface area contributed by atoms with Crippen molar-refractivity contribution in [2.45, 2.75) is 33.6 Å². The Kier molecular flexibility index (Phi) is 6.45. The second-order valence-corrected chi connectivity index (χ2v) is 6.72. The number of carboxylic acid groups (broad SMARTS) is 1. The third-order valence-electron chi connectivity index (χ3n) is 4.15. The molecule has 0 saturated carbocycles. The lowest BCUT2D eigenvalue weighted by Crippen LogP contribution is -2.50. The fraction of sp³-hybridized carbons (Fsp3) is 0.867. The standard InChI is InChI=1S/C15H28N2O4/c1-15(2,3)12-5-7-16(8-6-12)14(20)17(9-10-21-4)11-13(18)19/h12H,5-11H2,1-4H3,(H,18,19). The maximum atomic E-state index is 12.4. The van der Waals surface area contributed by atoms with Gasteiger partial charge in [0.25, 0.3) is 0 Å². The van der Waals surface area contributed by atoms with Crippen molar-refractivity contribution < 1.29 is 19.4 Å². The number of likely N-dealkylation sites (tertiary alicyclic amines) is 1. The molecule has 0 aromatic heterocycles. The van der Waals surface area contributed by atoms with Crippen LogP contribution in [0.4, 0.5) is 4.79 Å². The SMILES string of the molecule is COCCN(CC(=O)O)C(=O)N1CCC(C(C)(C)C)CC1. The first-order valence-corrected chi connectivity index (χ1v) is 7.50. The predicted molar refractivity (Wildman–Crippen MR) is 80.2 cm³/mol. The predicted octanol–water partition coefficient (Wildman–Crippen LogP) is 1.90. The average molecular weight is 300 g/mol. The van der Waals surface area contributed by atoms with Crippen molar-refractivity contribution in [2.24, 2.45) is 11.3 Å². The zero-order chi connectivity index (χ0) is 16.0. The van der Waals surface area contributed by atoms with Crippen LogP contribution in [-0.2, 0) is 9.53 Å². The summed E-state index contributed by atoms with van der Waals surface area (Å²) in [6, 6.07) is -0.193. The van der Waals surface area contributed by atoms with Crippen LogP contribution < -0.4 is 0 Å². The molecule has 1 rings (SSSR count). The highest BCUT2D eigenvalue weighted by Crippen LogP contribution is 2.34. The lowest BCUT2D eigenvalue weighted by molar-refractivity contribution is -0.137. The zero-order valence-electron chi connectivity index (χ0n) is 13.6. The van der Waals surface area contributed by atoms with E-state index in [2.05, 4.69) is 20.8 Å². The van der Waals surface area contributed by atoms with Gasteiger partial charge in [-0.15, -0.1) is 0 Å². The Bertz CT molecular complexity index is 357. The van der Waals surface area contributed by atoms with E-state index < -0.39 is 5.97 Å². The Morgan fingerprint density at radius 3 is 2.29 bits per heavy atom. The van der Waals surface area contributed by atoms with Gasteiger partial charge in [-0.25, -0.2) is 4.79 Å². The van der Waals surface area contributed by atoms with Crippen LogP contribution in [0.1, 0.15) is 33.6 Å². The van der Waals surface area contributed by atoms with Gasteiger partial charge in [0.1, 0.15) is 6.54 Å². The second kappa shape index (κ2) is 7.64. The Labute approximate surface area is 127 Å². The van der Waals surface area contributed by atoms with Crippen LogP contribution in [0.2, 0.25) is 0 Å². The molecule has 21 heavy (non-hydrogen) atoms. The molecule has 2 amide bonds. The van der Waals surface area contributed by atoms with Crippen molar-refractivity contribution in [2.75, 3.05) is 39.9 Å². The Morgan fingerprint density at radius 2 is 1.86 bits per heavy atom. The normalized spacial score (nSPS) is 16.9. The van der Waals surface area contributed by atoms with Gasteiger partial charge in [0.05, 0.1) is 6.61 Å². The fourth-order valence-corrected chi connectivity index (χ4v) is 2.74. The van der Waals surface area contributed by atoms with Gasteiger partial charge < -0.3 is 19.6 Å². The highest BCUT2D eigenvalue weighted by Gasteiger charge is 2.32. The highest BCUT2D eigenvalue weighted by atomic mass is 16.5. The van der Waals surface area contributed by atoms with Crippen molar-refractivity contribution in [1.29, 1.82) is 0 Å². The first-order valence-electron chi connectivity index (χ1n) is 7.50. The van der Waals surface area contributed by atoms with Crippen molar-refractivity contribution >= 4 is 12.0 Å². The number of amides is 2. The number of aliphatic carboxylic acids is 1. The minimum Gasteiger partial charge on any atom is -0.480 e. The fourth-order valence-electron chi connectivity index (χ4n) is 2.74. The van der Waals surface area contributed by atoms with E-state index in [0.29, 0.717) is 32.2 Å². The van der Waals surface area contributed by atoms with Gasteiger partial charge in [0, 0.05) is 26.7 Å². The van der Waals surface area contributed by atoms with Crippen LogP contribution in [0.3, 0.4) is 0 Å². The van der Waals surface area contributed by atoms with Crippen LogP contribution in [0.15, 0.2) is 0 Å². The number of rotatable bonds is 5. The summed E-state index contributed by atoms with van der Waals surface area (Å²) in [7, 11) is 1.54. The molecule has 0 aromatic rings. The van der Waals surface area contributed by atoms with Gasteiger partial charge in [-0.05, 0) is 24.2 Å². The summed E-state index contributed by atoms with van der Waals surface area (Å²) in [5.41, 5.74) is 0.256. The molecule has 0 aromatic carbocycles. The minimum atomic E-state index is -0.996. The van der Waals surface area contributed by atoms with E-state index in [1.54, 1.807) is 4.90 Å². The molecule has 0 radical (unpaired) electrons. The first-order chi connectivity index (χ1) is 9.75. The summed E-state index contributed by atoms with van der Waals surface area (Å²) < 4.78 is 4.95. The van der Waals surface area contributed by atoms with Crippen LogP contribution in [-0.4, -0.2) is 66.8 Å². The molecule has 1 heterocycles. The highest BCUT2D eigenvalue weighted by molar-refractivity contribution is 5.80. The van der Waals surface area contributed by atoms with Crippen molar-refractivity contribution in [3.05, 3.63) is 0 Å². The van der Waals surface area contributed by atoms with Crippen molar-refractivity contribution in [3.8, 4) is 0 Å². The van der Waals surface area contributed by atoms with Crippen molar-refractivity contribution in [1.82, 2.24) is 9.80 Å². The number of carboxylic acids is 1. The van der Waals surface area contributed by atoms with Gasteiger partial charge in [0.15, 0.2) is 0 Å². The van der Waals surface area contributed by atoms with E-state index in [9.17, 15) is 9.59 Å². The summed E-state index contributed by atoms with van der Waals surface area (Å²) in [6.45, 7) is 8.45. The molecule has 0 aliphatic carbocycles. The third kappa shape index (κ3) is 5.53. The Hall–Kier alpha value is -1.30. The molecule has 1 N–H and O–H groups in total. The summed E-state index contributed by atoms with van der Waals surface area (Å²) in [4.78, 5) is 26.4. The quantitative estimate of drug-likeness (QED) is 0.842. The summed E-state index contributed by atoms with van der Waals surface area (Å²) in [5.74, 6) is -0.391. The van der Waals surface area contributed by atoms with E-state index in [1.165, 1.54) is 12.0 Å². The van der Waals surface area contributed by atoms with Gasteiger partial charge >= 0.3 is 12.0 Å². The molecule has 6 heteroatoms. The smallest absolute Gasteiger partial charge is 0.323 e. The van der Waals surface area contributed by atoms with E-state index in [1.807, 2.05) is 0 Å². The number of nitrogens with zero attached hydrogens (tertiary/aromatic N) is 2. The number of carbonyl (C=O) groups excluding carboxylic acids is 1. The van der Waals surface area contributed by atoms with E-state index in [-0.39, 0.29) is 18.0 Å². The maximum Gasteiger partial charge on any atom is 0.323 e. The number of ether oxygens (including phenoxy) is 1. The largest absolute Gasteiger partial charge is 0.480 e. The number of methoxy groups -OCH3 is 1. The van der Waals surface area contributed by atoms with E-state index in [4.69, 9.17) is 9.84 Å². The van der Waals surface area contributed by atoms with Crippen LogP contribution >= 0.6 is 0 Å². The lowest BCUT2D eigenvalue weighted by atomic mass is 9.75. The molecular formula is C15H28N2O4. The Balaban J connectivity index is 2.58. The molecular weight excluding hydrogens is 272 g/mol. The van der Waals surface area contributed by atoms with E-state index >= 15 is 0 Å². The number of carbonyl (C=O) groups is 2. The number of piperidine rings is 1. The molecule has 0 atom stereocenters. The Morgan fingerprint density at radius 1 is 1.29 bits per heavy atom. The van der Waals surface area contributed by atoms with Crippen LogP contribution in [0, 0.1) is 11.3 Å². The van der Waals surface area contributed by atoms with Gasteiger partial charge in [-0.2, -0.15) is 0 Å². The number of hydrogen-bond acceptors (Lipinski definition) is 3. The molecule has 1 fully saturated rings. The summed E-state index contributed by atoms with van der Waals surface area (Å²) in [5, 5.41) is 8.93. The van der Waals surface area contributed by atoms with Gasteiger partial charge in [0.2, 0.25) is 0 Å². The molecule has 1 aliphatic heterocycles. The number of hydrogen-bond donors (Lipinski definition) is 1. The maximum absolute atomic E-state index is 12.4. The van der Waals surface area contributed by atoms with Gasteiger partial charge in [-0.3, -0.25) is 4.79 Å². The zero-order valence-corrected chi connectivity index (χ0v) is 13.6. The summed E-state index contributed by atoms with van der Waals surface area (Å²) >= 11 is 0. The monoisotopic (exact) mass is 300 g/mol. The second-order valence-electron chi connectivity index (χ2n) is 6.72. The van der Waals surface area contributed by atoms with Crippen LogP contribution in [0.5, 0.6) is 0 Å². The first kappa shape index (κ1) is 17.8. The van der Waals surface area contributed by atoms with E-state index in [0.717, 1.165) is 12.8 Å². The summed E-state index contributed by atoms with van der Waals surface area (Å²) in [6.07, 6.45) is 1.95. The molecule has 0 unspecified atom stereocenters. The molecule has 0 spiro atoms. The molecule has 0 bridgehead atoms. The molecule has 6 nitrogen and oxygen atoms in total. The number of urea groups is 1. The lowest BCUT2D eigenvalue weighted by Gasteiger charge is -2.40. The molecule has 1 aliphatic rings. The molecule has 122 valence electrons. The average Bonchev–Trinajstić information content (AvgIpc) is 2.41. The topological polar surface area (TPSA) is 70.1 Å². The third-order valence-corrected chi connectivity index (χ3v) is 4.15. The van der Waals surface area contributed by atoms with Gasteiger partial charge in [-0.1, -0.05) is 20.8 Å². The minimum absolute atomic E-state index is 0.193. The van der Waals surface area contributed by atoms with Crippen LogP contribution in [0.25, 0.3) is 0 Å².